The minimum absolute atomic E-state index is 0.171. The van der Waals surface area contributed by atoms with Crippen LogP contribution in [0.2, 0.25) is 0 Å². The van der Waals surface area contributed by atoms with Gasteiger partial charge >= 0.3 is 5.97 Å². The van der Waals surface area contributed by atoms with E-state index >= 15 is 0 Å². The predicted molar refractivity (Wildman–Crippen MR) is 89.3 cm³/mol. The van der Waals surface area contributed by atoms with Crippen molar-refractivity contribution in [2.45, 2.75) is 6.42 Å². The van der Waals surface area contributed by atoms with Gasteiger partial charge in [-0.25, -0.2) is 9.78 Å². The smallest absolute Gasteiger partial charge is 0.338 e. The molecule has 6 nitrogen and oxygen atoms in total. The van der Waals surface area contributed by atoms with Crippen LogP contribution in [0, 0.1) is 0 Å². The average Bonchev–Trinajstić information content (AvgIpc) is 3.04. The van der Waals surface area contributed by atoms with Crippen LogP contribution in [-0.4, -0.2) is 24.0 Å². The lowest BCUT2D eigenvalue weighted by Crippen LogP contribution is -2.22. The van der Waals surface area contributed by atoms with Crippen LogP contribution < -0.4 is 5.11 Å². The van der Waals surface area contributed by atoms with Gasteiger partial charge in [-0.15, -0.1) is 0 Å². The van der Waals surface area contributed by atoms with Gasteiger partial charge in [0.15, 0.2) is 5.58 Å². The molecular weight excluding hydrogens is 322 g/mol. The molecule has 0 radical (unpaired) electrons. The van der Waals surface area contributed by atoms with Crippen LogP contribution in [0.3, 0.4) is 0 Å². The van der Waals surface area contributed by atoms with Gasteiger partial charge in [0.1, 0.15) is 5.52 Å². The fourth-order valence-corrected chi connectivity index (χ4v) is 2.46. The van der Waals surface area contributed by atoms with Gasteiger partial charge in [-0.2, -0.15) is 0 Å². The Bertz CT molecular complexity index is 938. The first-order chi connectivity index (χ1) is 12.1. The lowest BCUT2D eigenvalue weighted by atomic mass is 10.0. The molecule has 0 unspecified atom stereocenters. The van der Waals surface area contributed by atoms with E-state index in [2.05, 4.69) is 4.98 Å². The van der Waals surface area contributed by atoms with Crippen LogP contribution in [0.4, 0.5) is 0 Å². The topological polar surface area (TPSA) is 92.5 Å². The summed E-state index contributed by atoms with van der Waals surface area (Å²) in [5, 5.41) is 11.2. The van der Waals surface area contributed by atoms with Crippen LogP contribution in [0.15, 0.2) is 52.9 Å². The van der Waals surface area contributed by atoms with E-state index in [0.717, 1.165) is 0 Å². The van der Waals surface area contributed by atoms with Crippen molar-refractivity contribution in [2.24, 2.45) is 0 Å². The Kier molecular flexibility index (Phi) is 4.61. The summed E-state index contributed by atoms with van der Waals surface area (Å²) < 4.78 is 10.4. The fraction of sp³-hybridized carbons (Fsp3) is 0.105. The highest BCUT2D eigenvalue weighted by Crippen LogP contribution is 2.26. The summed E-state index contributed by atoms with van der Waals surface area (Å²) in [7, 11) is 1.28. The molecule has 25 heavy (non-hydrogen) atoms. The zero-order valence-electron chi connectivity index (χ0n) is 13.4. The third kappa shape index (κ3) is 3.58. The van der Waals surface area contributed by atoms with Gasteiger partial charge in [0.05, 0.1) is 12.7 Å². The van der Waals surface area contributed by atoms with Gasteiger partial charge in [0, 0.05) is 18.0 Å². The molecule has 2 aromatic carbocycles. The number of hydrogen-bond acceptors (Lipinski definition) is 6. The number of para-hydroxylation sites is 2. The highest BCUT2D eigenvalue weighted by molar-refractivity contribution is 5.97. The summed E-state index contributed by atoms with van der Waals surface area (Å²) in [5.41, 5.74) is 2.28. The molecule has 0 saturated heterocycles. The third-order valence-corrected chi connectivity index (χ3v) is 3.60. The van der Waals surface area contributed by atoms with Crippen molar-refractivity contribution < 1.29 is 23.8 Å². The number of oxazole rings is 1. The van der Waals surface area contributed by atoms with E-state index in [4.69, 9.17) is 9.15 Å². The van der Waals surface area contributed by atoms with E-state index in [1.807, 2.05) is 6.07 Å². The molecule has 0 aliphatic carbocycles. The Hall–Kier alpha value is -3.41. The molecule has 0 N–H and O–H groups in total. The molecule has 0 fully saturated rings. The van der Waals surface area contributed by atoms with Crippen molar-refractivity contribution in [1.29, 1.82) is 0 Å². The molecule has 1 aromatic heterocycles. The molecule has 0 atom stereocenters. The fourth-order valence-electron chi connectivity index (χ4n) is 2.46. The Morgan fingerprint density at radius 2 is 1.88 bits per heavy atom. The number of carbonyl (C=O) groups excluding carboxylic acids is 2. The van der Waals surface area contributed by atoms with E-state index in [-0.39, 0.29) is 5.89 Å². The van der Waals surface area contributed by atoms with Crippen LogP contribution in [-0.2, 0) is 9.53 Å². The van der Waals surface area contributed by atoms with Gasteiger partial charge in [0.25, 0.3) is 0 Å². The normalized spacial score (nSPS) is 11.5. The molecule has 126 valence electrons. The number of methoxy groups -OCH3 is 1. The van der Waals surface area contributed by atoms with Gasteiger partial charge in [-0.05, 0) is 29.8 Å². The van der Waals surface area contributed by atoms with Crippen molar-refractivity contribution in [3.8, 4) is 0 Å². The van der Waals surface area contributed by atoms with Gasteiger partial charge in [-0.1, -0.05) is 30.3 Å². The number of carboxylic acid groups (broad SMARTS) is 1. The molecule has 0 spiro atoms. The summed E-state index contributed by atoms with van der Waals surface area (Å²) >= 11 is 0. The Balaban J connectivity index is 2.11. The molecule has 3 rings (SSSR count). The second-order valence-electron chi connectivity index (χ2n) is 5.28. The first kappa shape index (κ1) is 16.4. The van der Waals surface area contributed by atoms with E-state index in [1.54, 1.807) is 48.5 Å². The SMILES string of the molecule is COC(=O)c1ccccc1/C=C(\CC(=O)[O-])c1nc2ccccc2o1. The van der Waals surface area contributed by atoms with Crippen molar-refractivity contribution in [3.63, 3.8) is 0 Å². The monoisotopic (exact) mass is 336 g/mol. The molecule has 1 heterocycles. The number of hydrogen-bond donors (Lipinski definition) is 0. The molecule has 0 saturated carbocycles. The van der Waals surface area contributed by atoms with E-state index in [9.17, 15) is 14.7 Å². The summed E-state index contributed by atoms with van der Waals surface area (Å²) in [6.45, 7) is 0. The third-order valence-electron chi connectivity index (χ3n) is 3.60. The number of esters is 1. The lowest BCUT2D eigenvalue weighted by Gasteiger charge is -2.08. The number of aromatic nitrogens is 1. The Morgan fingerprint density at radius 3 is 2.60 bits per heavy atom. The van der Waals surface area contributed by atoms with Crippen molar-refractivity contribution in [3.05, 3.63) is 65.5 Å². The van der Waals surface area contributed by atoms with Crippen LogP contribution in [0.5, 0.6) is 0 Å². The van der Waals surface area contributed by atoms with Gasteiger partial charge in [0.2, 0.25) is 5.89 Å². The number of carboxylic acids is 1. The zero-order valence-corrected chi connectivity index (χ0v) is 13.4. The van der Waals surface area contributed by atoms with Gasteiger partial charge < -0.3 is 19.1 Å². The standard InChI is InChI=1S/C19H15NO5/c1-24-19(23)14-7-3-2-6-12(14)10-13(11-17(21)22)18-20-15-8-4-5-9-16(15)25-18/h2-10H,11H2,1H3,(H,21,22)/p-1/b13-10+. The van der Waals surface area contributed by atoms with Crippen molar-refractivity contribution in [1.82, 2.24) is 4.98 Å². The van der Waals surface area contributed by atoms with Crippen LogP contribution >= 0.6 is 0 Å². The number of benzene rings is 2. The Morgan fingerprint density at radius 1 is 1.16 bits per heavy atom. The second kappa shape index (κ2) is 7.00. The molecule has 0 aliphatic rings. The number of ether oxygens (including phenoxy) is 1. The molecule has 0 amide bonds. The maximum absolute atomic E-state index is 11.9. The molecule has 0 aliphatic heterocycles. The summed E-state index contributed by atoms with van der Waals surface area (Å²) in [4.78, 5) is 27.4. The Labute approximate surface area is 143 Å². The molecule has 3 aromatic rings. The average molecular weight is 336 g/mol. The first-order valence-electron chi connectivity index (χ1n) is 7.52. The first-order valence-corrected chi connectivity index (χ1v) is 7.52. The minimum atomic E-state index is -1.27. The van der Waals surface area contributed by atoms with Crippen molar-refractivity contribution >= 4 is 34.7 Å². The highest BCUT2D eigenvalue weighted by Gasteiger charge is 2.14. The van der Waals surface area contributed by atoms with E-state index in [1.165, 1.54) is 7.11 Å². The predicted octanol–water partition coefficient (Wildman–Crippen LogP) is 2.29. The maximum Gasteiger partial charge on any atom is 0.338 e. The quantitative estimate of drug-likeness (QED) is 0.664. The number of carbonyl (C=O) groups is 2. The summed E-state index contributed by atoms with van der Waals surface area (Å²) in [5.74, 6) is -1.62. The zero-order chi connectivity index (χ0) is 17.8. The minimum Gasteiger partial charge on any atom is -0.550 e. The molecule has 0 bridgehead atoms. The summed E-state index contributed by atoms with van der Waals surface area (Å²) in [6.07, 6.45) is 1.15. The second-order valence-corrected chi connectivity index (χ2v) is 5.28. The molecular formula is C19H14NO5-. The van der Waals surface area contributed by atoms with Gasteiger partial charge in [-0.3, -0.25) is 0 Å². The van der Waals surface area contributed by atoms with E-state index in [0.29, 0.717) is 27.8 Å². The number of rotatable bonds is 5. The van der Waals surface area contributed by atoms with Crippen LogP contribution in [0.25, 0.3) is 22.7 Å². The highest BCUT2D eigenvalue weighted by atomic mass is 16.5. The summed E-state index contributed by atoms with van der Waals surface area (Å²) in [6, 6.07) is 13.8. The maximum atomic E-state index is 11.9. The number of fused-ring (bicyclic) bond motifs is 1. The molecule has 6 heteroatoms. The number of nitrogens with zero attached hydrogens (tertiary/aromatic N) is 1. The lowest BCUT2D eigenvalue weighted by molar-refractivity contribution is -0.304. The van der Waals surface area contributed by atoms with Crippen molar-refractivity contribution in [2.75, 3.05) is 7.11 Å². The number of aliphatic carboxylic acids is 1. The van der Waals surface area contributed by atoms with E-state index < -0.39 is 18.4 Å². The van der Waals surface area contributed by atoms with Crippen LogP contribution in [0.1, 0.15) is 28.2 Å². The largest absolute Gasteiger partial charge is 0.550 e.